The highest BCUT2D eigenvalue weighted by Gasteiger charge is 2.24. The third kappa shape index (κ3) is 3.62. The quantitative estimate of drug-likeness (QED) is 0.763. The van der Waals surface area contributed by atoms with Crippen molar-refractivity contribution in [2.24, 2.45) is 0 Å². The summed E-state index contributed by atoms with van der Waals surface area (Å²) in [6.45, 7) is 2.96. The molecule has 0 saturated heterocycles. The predicted octanol–water partition coefficient (Wildman–Crippen LogP) is 4.02. The highest BCUT2D eigenvalue weighted by Crippen LogP contribution is 2.34. The van der Waals surface area contributed by atoms with Crippen LogP contribution in [-0.4, -0.2) is 19.8 Å². The maximum absolute atomic E-state index is 6.22. The SMILES string of the molecule is COCCC(C)c1ccc(OC2CC2)c(Cl)c1. The van der Waals surface area contributed by atoms with Gasteiger partial charge in [-0.05, 0) is 42.9 Å². The van der Waals surface area contributed by atoms with Gasteiger partial charge in [0, 0.05) is 13.7 Å². The molecule has 0 radical (unpaired) electrons. The van der Waals surface area contributed by atoms with Crippen molar-refractivity contribution < 1.29 is 9.47 Å². The summed E-state index contributed by atoms with van der Waals surface area (Å²) in [6.07, 6.45) is 3.71. The molecule has 0 N–H and O–H groups in total. The first kappa shape index (κ1) is 12.7. The summed E-state index contributed by atoms with van der Waals surface area (Å²) in [5, 5.41) is 0.721. The molecule has 1 atom stereocenters. The minimum absolute atomic E-state index is 0.393. The standard InChI is InChI=1S/C14H19ClO2/c1-10(7-8-16-2)11-3-6-14(13(15)9-11)17-12-4-5-12/h3,6,9-10,12H,4-5,7-8H2,1-2H3. The van der Waals surface area contributed by atoms with E-state index in [9.17, 15) is 0 Å². The summed E-state index contributed by atoms with van der Waals surface area (Å²) in [4.78, 5) is 0. The Morgan fingerprint density at radius 1 is 1.41 bits per heavy atom. The molecular formula is C14H19ClO2. The second-order valence-corrected chi connectivity index (χ2v) is 5.10. The van der Waals surface area contributed by atoms with Gasteiger partial charge in [0.05, 0.1) is 11.1 Å². The van der Waals surface area contributed by atoms with Gasteiger partial charge in [-0.15, -0.1) is 0 Å². The molecule has 0 heterocycles. The number of benzene rings is 1. The van der Waals surface area contributed by atoms with E-state index in [1.807, 2.05) is 12.1 Å². The van der Waals surface area contributed by atoms with Crippen molar-refractivity contribution in [3.63, 3.8) is 0 Å². The third-order valence-electron chi connectivity index (χ3n) is 3.10. The van der Waals surface area contributed by atoms with Crippen molar-refractivity contribution in [3.8, 4) is 5.75 Å². The van der Waals surface area contributed by atoms with Gasteiger partial charge in [-0.25, -0.2) is 0 Å². The molecule has 1 aliphatic carbocycles. The zero-order valence-electron chi connectivity index (χ0n) is 10.4. The van der Waals surface area contributed by atoms with Crippen molar-refractivity contribution in [3.05, 3.63) is 28.8 Å². The largest absolute Gasteiger partial charge is 0.489 e. The molecular weight excluding hydrogens is 236 g/mol. The lowest BCUT2D eigenvalue weighted by atomic mass is 9.98. The normalized spacial score (nSPS) is 16.9. The lowest BCUT2D eigenvalue weighted by Gasteiger charge is -2.13. The molecule has 94 valence electrons. The van der Waals surface area contributed by atoms with Crippen LogP contribution in [0.15, 0.2) is 18.2 Å². The zero-order valence-corrected chi connectivity index (χ0v) is 11.2. The van der Waals surface area contributed by atoms with Crippen molar-refractivity contribution in [2.45, 2.75) is 38.2 Å². The molecule has 0 spiro atoms. The van der Waals surface area contributed by atoms with Crippen molar-refractivity contribution in [1.82, 2.24) is 0 Å². The van der Waals surface area contributed by atoms with Crippen LogP contribution in [0, 0.1) is 0 Å². The van der Waals surface area contributed by atoms with E-state index in [1.54, 1.807) is 7.11 Å². The first-order valence-electron chi connectivity index (χ1n) is 6.15. The molecule has 1 aromatic carbocycles. The van der Waals surface area contributed by atoms with Crippen LogP contribution in [0.25, 0.3) is 0 Å². The van der Waals surface area contributed by atoms with Gasteiger partial charge < -0.3 is 9.47 Å². The van der Waals surface area contributed by atoms with Gasteiger partial charge in [-0.3, -0.25) is 0 Å². The van der Waals surface area contributed by atoms with Gasteiger partial charge in [0.2, 0.25) is 0 Å². The van der Waals surface area contributed by atoms with E-state index in [0.29, 0.717) is 12.0 Å². The topological polar surface area (TPSA) is 18.5 Å². The molecule has 1 unspecified atom stereocenters. The monoisotopic (exact) mass is 254 g/mol. The summed E-state index contributed by atoms with van der Waals surface area (Å²) in [5.74, 6) is 1.28. The fourth-order valence-electron chi connectivity index (χ4n) is 1.75. The zero-order chi connectivity index (χ0) is 12.3. The van der Waals surface area contributed by atoms with E-state index in [1.165, 1.54) is 5.56 Å². The second kappa shape index (κ2) is 5.74. The van der Waals surface area contributed by atoms with Crippen LogP contribution in [0.4, 0.5) is 0 Å². The maximum Gasteiger partial charge on any atom is 0.138 e. The Labute approximate surface area is 108 Å². The number of ether oxygens (including phenoxy) is 2. The number of rotatable bonds is 6. The summed E-state index contributed by atoms with van der Waals surface area (Å²) in [5.41, 5.74) is 1.25. The Kier molecular flexibility index (Phi) is 4.30. The van der Waals surface area contributed by atoms with Crippen LogP contribution in [0.5, 0.6) is 5.75 Å². The molecule has 1 aromatic rings. The minimum atomic E-state index is 0.393. The highest BCUT2D eigenvalue weighted by atomic mass is 35.5. The highest BCUT2D eigenvalue weighted by molar-refractivity contribution is 6.32. The van der Waals surface area contributed by atoms with Crippen LogP contribution in [-0.2, 0) is 4.74 Å². The number of hydrogen-bond acceptors (Lipinski definition) is 2. The average Bonchev–Trinajstić information content (AvgIpc) is 3.12. The molecule has 2 nitrogen and oxygen atoms in total. The van der Waals surface area contributed by atoms with Gasteiger partial charge in [0.25, 0.3) is 0 Å². The van der Waals surface area contributed by atoms with Crippen molar-refractivity contribution >= 4 is 11.6 Å². The van der Waals surface area contributed by atoms with Gasteiger partial charge in [0.1, 0.15) is 5.75 Å². The number of hydrogen-bond donors (Lipinski definition) is 0. The molecule has 0 aliphatic heterocycles. The Balaban J connectivity index is 2.01. The molecule has 1 aliphatic rings. The van der Waals surface area contributed by atoms with Gasteiger partial charge in [-0.1, -0.05) is 24.6 Å². The van der Waals surface area contributed by atoms with Crippen LogP contribution in [0.3, 0.4) is 0 Å². The molecule has 1 fully saturated rings. The Bertz CT molecular complexity index is 374. The smallest absolute Gasteiger partial charge is 0.138 e. The molecule has 17 heavy (non-hydrogen) atoms. The molecule has 0 aromatic heterocycles. The summed E-state index contributed by atoms with van der Waals surface area (Å²) >= 11 is 6.22. The van der Waals surface area contributed by atoms with E-state index in [2.05, 4.69) is 13.0 Å². The van der Waals surface area contributed by atoms with E-state index in [-0.39, 0.29) is 0 Å². The summed E-state index contributed by atoms with van der Waals surface area (Å²) in [6, 6.07) is 6.10. The van der Waals surface area contributed by atoms with Crippen molar-refractivity contribution in [1.29, 1.82) is 0 Å². The first-order chi connectivity index (χ1) is 8.20. The molecule has 2 rings (SSSR count). The Morgan fingerprint density at radius 3 is 2.76 bits per heavy atom. The van der Waals surface area contributed by atoms with E-state index in [4.69, 9.17) is 21.1 Å². The molecule has 1 saturated carbocycles. The van der Waals surface area contributed by atoms with E-state index < -0.39 is 0 Å². The fraction of sp³-hybridized carbons (Fsp3) is 0.571. The average molecular weight is 255 g/mol. The fourth-order valence-corrected chi connectivity index (χ4v) is 1.98. The molecule has 0 amide bonds. The lowest BCUT2D eigenvalue weighted by Crippen LogP contribution is -2.00. The molecule has 3 heteroatoms. The lowest BCUT2D eigenvalue weighted by molar-refractivity contribution is 0.189. The van der Waals surface area contributed by atoms with Crippen LogP contribution < -0.4 is 4.74 Å². The Hall–Kier alpha value is -0.730. The maximum atomic E-state index is 6.22. The Morgan fingerprint density at radius 2 is 2.18 bits per heavy atom. The third-order valence-corrected chi connectivity index (χ3v) is 3.39. The molecule has 0 bridgehead atoms. The van der Waals surface area contributed by atoms with Crippen LogP contribution >= 0.6 is 11.6 Å². The van der Waals surface area contributed by atoms with Crippen molar-refractivity contribution in [2.75, 3.05) is 13.7 Å². The van der Waals surface area contributed by atoms with Gasteiger partial charge >= 0.3 is 0 Å². The first-order valence-corrected chi connectivity index (χ1v) is 6.53. The number of methoxy groups -OCH3 is 1. The van der Waals surface area contributed by atoms with Crippen LogP contribution in [0.1, 0.15) is 37.7 Å². The number of halogens is 1. The van der Waals surface area contributed by atoms with Crippen LogP contribution in [0.2, 0.25) is 5.02 Å². The van der Waals surface area contributed by atoms with E-state index >= 15 is 0 Å². The van der Waals surface area contributed by atoms with Gasteiger partial charge in [0.15, 0.2) is 0 Å². The van der Waals surface area contributed by atoms with Gasteiger partial charge in [-0.2, -0.15) is 0 Å². The summed E-state index contributed by atoms with van der Waals surface area (Å²) in [7, 11) is 1.73. The predicted molar refractivity (Wildman–Crippen MR) is 70.0 cm³/mol. The second-order valence-electron chi connectivity index (χ2n) is 4.69. The summed E-state index contributed by atoms with van der Waals surface area (Å²) < 4.78 is 10.8. The van der Waals surface area contributed by atoms with E-state index in [0.717, 1.165) is 36.6 Å². The minimum Gasteiger partial charge on any atom is -0.489 e.